The van der Waals surface area contributed by atoms with Gasteiger partial charge in [-0.1, -0.05) is 0 Å². The first-order valence-corrected chi connectivity index (χ1v) is 6.72. The zero-order chi connectivity index (χ0) is 17.3. The van der Waals surface area contributed by atoms with Crippen LogP contribution in [-0.2, 0) is 4.79 Å². The number of nitrogens with zero attached hydrogens (tertiary/aromatic N) is 1. The number of ether oxygens (including phenoxy) is 1. The van der Waals surface area contributed by atoms with E-state index in [4.69, 9.17) is 5.11 Å². The number of carbonyl (C=O) groups excluding carboxylic acids is 1. The molecule has 1 aliphatic heterocycles. The lowest BCUT2D eigenvalue weighted by molar-refractivity contribution is -0.274. The Balaban J connectivity index is 2.00. The second kappa shape index (κ2) is 6.07. The van der Waals surface area contributed by atoms with Crippen molar-refractivity contribution in [3.05, 3.63) is 29.8 Å². The molecule has 0 aromatic heterocycles. The van der Waals surface area contributed by atoms with Gasteiger partial charge in [-0.2, -0.15) is 0 Å². The van der Waals surface area contributed by atoms with Gasteiger partial charge in [0.1, 0.15) is 5.75 Å². The monoisotopic (exact) mass is 333 g/mol. The molecule has 1 heterocycles. The van der Waals surface area contributed by atoms with Crippen molar-refractivity contribution in [2.45, 2.75) is 24.8 Å². The molecule has 0 radical (unpaired) electrons. The van der Waals surface area contributed by atoms with E-state index in [1.54, 1.807) is 0 Å². The molecule has 9 heteroatoms. The van der Waals surface area contributed by atoms with Crippen molar-refractivity contribution >= 4 is 11.9 Å². The third kappa shape index (κ3) is 4.13. The van der Waals surface area contributed by atoms with Gasteiger partial charge in [-0.05, 0) is 24.3 Å². The van der Waals surface area contributed by atoms with Crippen LogP contribution >= 0.6 is 0 Å². The summed E-state index contributed by atoms with van der Waals surface area (Å²) in [6, 6.07) is 4.44. The number of hydrogen-bond acceptors (Lipinski definition) is 4. The molecule has 2 rings (SSSR count). The molecule has 0 spiro atoms. The van der Waals surface area contributed by atoms with E-state index in [-0.39, 0.29) is 31.5 Å². The van der Waals surface area contributed by atoms with Crippen LogP contribution in [0.4, 0.5) is 13.2 Å². The number of piperidine rings is 1. The Labute approximate surface area is 129 Å². The number of aliphatic hydroxyl groups is 1. The van der Waals surface area contributed by atoms with Crippen LogP contribution in [0.25, 0.3) is 0 Å². The topological polar surface area (TPSA) is 87.1 Å². The summed E-state index contributed by atoms with van der Waals surface area (Å²) in [7, 11) is 0. The summed E-state index contributed by atoms with van der Waals surface area (Å²) in [6.45, 7) is 0.0882. The number of rotatable bonds is 3. The summed E-state index contributed by atoms with van der Waals surface area (Å²) < 4.78 is 39.9. The summed E-state index contributed by atoms with van der Waals surface area (Å²) in [5.74, 6) is -2.22. The molecule has 1 amide bonds. The highest BCUT2D eigenvalue weighted by molar-refractivity contribution is 5.94. The van der Waals surface area contributed by atoms with E-state index in [0.717, 1.165) is 12.1 Å². The molecule has 1 aliphatic rings. The SMILES string of the molecule is O=C(c1ccc(OC(F)(F)F)cc1)N1CCC(O)(C(=O)O)CC1. The van der Waals surface area contributed by atoms with Crippen LogP contribution in [0.15, 0.2) is 24.3 Å². The third-order valence-electron chi connectivity index (χ3n) is 3.61. The molecule has 0 aliphatic carbocycles. The Kier molecular flexibility index (Phi) is 4.51. The fourth-order valence-electron chi connectivity index (χ4n) is 2.28. The van der Waals surface area contributed by atoms with E-state index in [9.17, 15) is 27.9 Å². The highest BCUT2D eigenvalue weighted by atomic mass is 19.4. The first-order valence-electron chi connectivity index (χ1n) is 6.72. The van der Waals surface area contributed by atoms with Crippen molar-refractivity contribution < 1.29 is 37.7 Å². The lowest BCUT2D eigenvalue weighted by atomic mass is 9.91. The predicted octanol–water partition coefficient (Wildman–Crippen LogP) is 1.64. The van der Waals surface area contributed by atoms with Crippen molar-refractivity contribution in [3.63, 3.8) is 0 Å². The van der Waals surface area contributed by atoms with Gasteiger partial charge < -0.3 is 19.8 Å². The molecule has 126 valence electrons. The van der Waals surface area contributed by atoms with Crippen molar-refractivity contribution in [1.29, 1.82) is 0 Å². The first-order chi connectivity index (χ1) is 10.6. The van der Waals surface area contributed by atoms with Crippen molar-refractivity contribution in [2.75, 3.05) is 13.1 Å². The molecule has 6 nitrogen and oxygen atoms in total. The Morgan fingerprint density at radius 3 is 2.09 bits per heavy atom. The van der Waals surface area contributed by atoms with Crippen LogP contribution in [0.1, 0.15) is 23.2 Å². The maximum atomic E-state index is 12.2. The maximum absolute atomic E-state index is 12.2. The van der Waals surface area contributed by atoms with Crippen molar-refractivity contribution in [2.24, 2.45) is 0 Å². The van der Waals surface area contributed by atoms with E-state index < -0.39 is 29.6 Å². The standard InChI is InChI=1S/C14H14F3NO5/c15-14(16,17)23-10-3-1-9(2-4-10)11(19)18-7-5-13(22,6-8-18)12(20)21/h1-4,22H,5-8H2,(H,20,21). The predicted molar refractivity (Wildman–Crippen MR) is 70.8 cm³/mol. The van der Waals surface area contributed by atoms with Crippen LogP contribution in [0.2, 0.25) is 0 Å². The van der Waals surface area contributed by atoms with Crippen molar-refractivity contribution in [1.82, 2.24) is 4.90 Å². The van der Waals surface area contributed by atoms with Crippen LogP contribution in [0.5, 0.6) is 5.75 Å². The molecule has 0 unspecified atom stereocenters. The average Bonchev–Trinajstić information content (AvgIpc) is 2.46. The summed E-state index contributed by atoms with van der Waals surface area (Å²) in [6.07, 6.45) is -5.02. The minimum atomic E-state index is -4.81. The number of alkyl halides is 3. The molecule has 23 heavy (non-hydrogen) atoms. The second-order valence-corrected chi connectivity index (χ2v) is 5.20. The highest BCUT2D eigenvalue weighted by Gasteiger charge is 2.40. The fourth-order valence-corrected chi connectivity index (χ4v) is 2.28. The maximum Gasteiger partial charge on any atom is 0.573 e. The summed E-state index contributed by atoms with van der Waals surface area (Å²) in [4.78, 5) is 24.5. The van der Waals surface area contributed by atoms with Crippen molar-refractivity contribution in [3.8, 4) is 5.75 Å². The quantitative estimate of drug-likeness (QED) is 0.878. The number of carboxylic acid groups (broad SMARTS) is 1. The minimum Gasteiger partial charge on any atom is -0.479 e. The van der Waals surface area contributed by atoms with Gasteiger partial charge in [-0.3, -0.25) is 4.79 Å². The lowest BCUT2D eigenvalue weighted by Crippen LogP contribution is -2.50. The number of carbonyl (C=O) groups is 2. The van der Waals surface area contributed by atoms with Gasteiger partial charge in [-0.25, -0.2) is 4.79 Å². The van der Waals surface area contributed by atoms with Gasteiger partial charge in [0.15, 0.2) is 5.60 Å². The molecular formula is C14H14F3NO5. The first kappa shape index (κ1) is 17.1. The normalized spacial score (nSPS) is 17.7. The van der Waals surface area contributed by atoms with Crippen LogP contribution < -0.4 is 4.74 Å². The number of likely N-dealkylation sites (tertiary alicyclic amines) is 1. The minimum absolute atomic E-state index is 0.0441. The zero-order valence-corrected chi connectivity index (χ0v) is 11.8. The lowest BCUT2D eigenvalue weighted by Gasteiger charge is -2.35. The summed E-state index contributed by atoms with van der Waals surface area (Å²) in [5.41, 5.74) is -1.69. The molecule has 1 aromatic carbocycles. The van der Waals surface area contributed by atoms with Gasteiger partial charge in [0.25, 0.3) is 5.91 Å². The van der Waals surface area contributed by atoms with Crippen LogP contribution in [0, 0.1) is 0 Å². The second-order valence-electron chi connectivity index (χ2n) is 5.20. The smallest absolute Gasteiger partial charge is 0.479 e. The molecule has 0 saturated carbocycles. The van der Waals surface area contributed by atoms with E-state index >= 15 is 0 Å². The Bertz CT molecular complexity index is 591. The van der Waals surface area contributed by atoms with Gasteiger partial charge >= 0.3 is 12.3 Å². The highest BCUT2D eigenvalue weighted by Crippen LogP contribution is 2.25. The number of halogens is 3. The Hall–Kier alpha value is -2.29. The molecule has 1 fully saturated rings. The molecule has 1 aromatic rings. The van der Waals surface area contributed by atoms with Gasteiger partial charge in [0.2, 0.25) is 0 Å². The van der Waals surface area contributed by atoms with Crippen LogP contribution in [-0.4, -0.2) is 52.0 Å². The summed E-state index contributed by atoms with van der Waals surface area (Å²) >= 11 is 0. The molecular weight excluding hydrogens is 319 g/mol. The number of benzene rings is 1. The third-order valence-corrected chi connectivity index (χ3v) is 3.61. The number of carboxylic acids is 1. The summed E-state index contributed by atoms with van der Waals surface area (Å²) in [5, 5.41) is 18.7. The van der Waals surface area contributed by atoms with E-state index in [1.807, 2.05) is 0 Å². The molecule has 0 atom stereocenters. The van der Waals surface area contributed by atoms with E-state index in [2.05, 4.69) is 4.74 Å². The van der Waals surface area contributed by atoms with Crippen LogP contribution in [0.3, 0.4) is 0 Å². The molecule has 2 N–H and O–H groups in total. The van der Waals surface area contributed by atoms with Gasteiger partial charge in [0, 0.05) is 31.5 Å². The number of amides is 1. The average molecular weight is 333 g/mol. The number of hydrogen-bond donors (Lipinski definition) is 2. The zero-order valence-electron chi connectivity index (χ0n) is 11.8. The molecule has 0 bridgehead atoms. The molecule has 1 saturated heterocycles. The number of aliphatic carboxylic acids is 1. The largest absolute Gasteiger partial charge is 0.573 e. The van der Waals surface area contributed by atoms with Gasteiger partial charge in [-0.15, -0.1) is 13.2 Å². The Morgan fingerprint density at radius 1 is 1.13 bits per heavy atom. The van der Waals surface area contributed by atoms with E-state index in [1.165, 1.54) is 17.0 Å². The van der Waals surface area contributed by atoms with E-state index in [0.29, 0.717) is 0 Å². The Morgan fingerprint density at radius 2 is 1.65 bits per heavy atom. The van der Waals surface area contributed by atoms with Gasteiger partial charge in [0.05, 0.1) is 0 Å². The fraction of sp³-hybridized carbons (Fsp3) is 0.429.